The number of carbonyl (C=O) groups excluding carboxylic acids is 1. The average molecular weight is 358 g/mol. The van der Waals surface area contributed by atoms with Crippen LogP contribution in [0.2, 0.25) is 5.02 Å². The highest BCUT2D eigenvalue weighted by atomic mass is 35.5. The molecule has 0 aliphatic rings. The fraction of sp³-hybridized carbons (Fsp3) is 0.167. The molecule has 6 nitrogen and oxygen atoms in total. The smallest absolute Gasteiger partial charge is 0.358 e. The molecule has 0 amide bonds. The number of esters is 1. The van der Waals surface area contributed by atoms with Crippen LogP contribution < -0.4 is 4.74 Å². The summed E-state index contributed by atoms with van der Waals surface area (Å²) < 4.78 is 11.8. The van der Waals surface area contributed by atoms with Crippen molar-refractivity contribution in [3.8, 4) is 22.8 Å². The lowest BCUT2D eigenvalue weighted by atomic mass is 10.1. The van der Waals surface area contributed by atoms with Gasteiger partial charge in [0.05, 0.1) is 31.3 Å². The normalized spacial score (nSPS) is 10.5. The molecule has 0 aliphatic carbocycles. The van der Waals surface area contributed by atoms with Crippen molar-refractivity contribution in [3.63, 3.8) is 0 Å². The molecule has 0 bridgehead atoms. The van der Waals surface area contributed by atoms with Gasteiger partial charge < -0.3 is 9.47 Å². The van der Waals surface area contributed by atoms with Gasteiger partial charge in [-0.15, -0.1) is 0 Å². The summed E-state index contributed by atoms with van der Waals surface area (Å²) in [5, 5.41) is 5.01. The fourth-order valence-electron chi connectivity index (χ4n) is 2.33. The number of pyridine rings is 1. The van der Waals surface area contributed by atoms with Gasteiger partial charge in [-0.3, -0.25) is 0 Å². The minimum Gasteiger partial charge on any atom is -0.481 e. The molecule has 3 aromatic rings. The molecule has 2 aromatic heterocycles. The molecule has 2 heterocycles. The second kappa shape index (κ2) is 7.36. The van der Waals surface area contributed by atoms with E-state index >= 15 is 0 Å². The van der Waals surface area contributed by atoms with Gasteiger partial charge in [-0.2, -0.15) is 5.10 Å². The van der Waals surface area contributed by atoms with E-state index in [9.17, 15) is 4.79 Å². The van der Waals surface area contributed by atoms with Crippen LogP contribution in [0.15, 0.2) is 48.7 Å². The zero-order chi connectivity index (χ0) is 17.8. The number of hydrogen-bond acceptors (Lipinski definition) is 5. The van der Waals surface area contributed by atoms with Crippen molar-refractivity contribution in [2.45, 2.75) is 6.92 Å². The van der Waals surface area contributed by atoms with Crippen molar-refractivity contribution >= 4 is 17.6 Å². The molecule has 0 radical (unpaired) electrons. The molecule has 0 unspecified atom stereocenters. The highest BCUT2D eigenvalue weighted by Gasteiger charge is 2.18. The Morgan fingerprint density at radius 1 is 1.20 bits per heavy atom. The highest BCUT2D eigenvalue weighted by molar-refractivity contribution is 6.30. The Hall–Kier alpha value is -2.86. The van der Waals surface area contributed by atoms with Gasteiger partial charge in [-0.25, -0.2) is 14.5 Å². The number of methoxy groups -OCH3 is 1. The Labute approximate surface area is 150 Å². The molecule has 128 valence electrons. The summed E-state index contributed by atoms with van der Waals surface area (Å²) in [4.78, 5) is 16.3. The third-order valence-corrected chi connectivity index (χ3v) is 3.76. The average Bonchev–Trinajstić information content (AvgIpc) is 3.08. The lowest BCUT2D eigenvalue weighted by molar-refractivity contribution is 0.0519. The van der Waals surface area contributed by atoms with Gasteiger partial charge in [-0.05, 0) is 31.2 Å². The molecule has 3 rings (SSSR count). The third kappa shape index (κ3) is 3.64. The summed E-state index contributed by atoms with van der Waals surface area (Å²) >= 11 is 5.97. The van der Waals surface area contributed by atoms with Crippen molar-refractivity contribution in [2.75, 3.05) is 13.7 Å². The first-order valence-electron chi connectivity index (χ1n) is 7.66. The van der Waals surface area contributed by atoms with Gasteiger partial charge in [0, 0.05) is 16.7 Å². The Morgan fingerprint density at radius 2 is 1.96 bits per heavy atom. The molecule has 0 saturated heterocycles. The van der Waals surface area contributed by atoms with Crippen molar-refractivity contribution in [2.24, 2.45) is 0 Å². The molecular weight excluding hydrogens is 342 g/mol. The maximum absolute atomic E-state index is 12.1. The Bertz CT molecular complexity index is 874. The van der Waals surface area contributed by atoms with Gasteiger partial charge >= 0.3 is 5.97 Å². The standard InChI is InChI=1S/C18H16ClN3O3/c1-3-25-18(23)15-10-16(12-4-6-13(19)7-5-12)22(21-15)14-8-9-17(24-2)20-11-14/h4-11H,3H2,1-2H3. The van der Waals surface area contributed by atoms with E-state index in [1.807, 2.05) is 18.2 Å². The summed E-state index contributed by atoms with van der Waals surface area (Å²) in [6.45, 7) is 2.04. The lowest BCUT2D eigenvalue weighted by Crippen LogP contribution is -2.07. The summed E-state index contributed by atoms with van der Waals surface area (Å²) in [6, 6.07) is 12.5. The fourth-order valence-corrected chi connectivity index (χ4v) is 2.45. The van der Waals surface area contributed by atoms with Crippen LogP contribution in [-0.4, -0.2) is 34.5 Å². The predicted molar refractivity (Wildman–Crippen MR) is 94.3 cm³/mol. The molecular formula is C18H16ClN3O3. The summed E-state index contributed by atoms with van der Waals surface area (Å²) in [7, 11) is 1.55. The zero-order valence-electron chi connectivity index (χ0n) is 13.8. The van der Waals surface area contributed by atoms with Crippen molar-refractivity contribution in [3.05, 3.63) is 59.4 Å². The number of hydrogen-bond donors (Lipinski definition) is 0. The molecule has 0 N–H and O–H groups in total. The molecule has 7 heteroatoms. The van der Waals surface area contributed by atoms with Crippen LogP contribution in [0, 0.1) is 0 Å². The minimum absolute atomic E-state index is 0.225. The van der Waals surface area contributed by atoms with E-state index in [0.29, 0.717) is 16.6 Å². The topological polar surface area (TPSA) is 66.2 Å². The van der Waals surface area contributed by atoms with E-state index in [1.54, 1.807) is 49.2 Å². The van der Waals surface area contributed by atoms with Crippen LogP contribution >= 0.6 is 11.6 Å². The first-order valence-corrected chi connectivity index (χ1v) is 8.03. The maximum atomic E-state index is 12.1. The zero-order valence-corrected chi connectivity index (χ0v) is 14.5. The van der Waals surface area contributed by atoms with Crippen molar-refractivity contribution in [1.82, 2.24) is 14.8 Å². The van der Waals surface area contributed by atoms with E-state index < -0.39 is 5.97 Å². The first kappa shape index (κ1) is 17.0. The molecule has 25 heavy (non-hydrogen) atoms. The number of aromatic nitrogens is 3. The summed E-state index contributed by atoms with van der Waals surface area (Å²) in [5.41, 5.74) is 2.51. The van der Waals surface area contributed by atoms with E-state index in [0.717, 1.165) is 11.3 Å². The number of rotatable bonds is 5. The van der Waals surface area contributed by atoms with Crippen LogP contribution in [0.4, 0.5) is 0 Å². The van der Waals surface area contributed by atoms with E-state index in [1.165, 1.54) is 0 Å². The minimum atomic E-state index is -0.474. The number of nitrogens with zero attached hydrogens (tertiary/aromatic N) is 3. The number of carbonyl (C=O) groups is 1. The first-order chi connectivity index (χ1) is 12.1. The van der Waals surface area contributed by atoms with Gasteiger partial charge in [-0.1, -0.05) is 23.7 Å². The van der Waals surface area contributed by atoms with E-state index in [-0.39, 0.29) is 12.3 Å². The second-order valence-corrected chi connectivity index (χ2v) is 5.55. The highest BCUT2D eigenvalue weighted by Crippen LogP contribution is 2.26. The van der Waals surface area contributed by atoms with E-state index in [4.69, 9.17) is 21.1 Å². The van der Waals surface area contributed by atoms with Gasteiger partial charge in [0.15, 0.2) is 5.69 Å². The molecule has 0 fully saturated rings. The third-order valence-electron chi connectivity index (χ3n) is 3.51. The largest absolute Gasteiger partial charge is 0.481 e. The molecule has 0 aliphatic heterocycles. The monoisotopic (exact) mass is 357 g/mol. The van der Waals surface area contributed by atoms with Crippen LogP contribution in [0.3, 0.4) is 0 Å². The van der Waals surface area contributed by atoms with Crippen molar-refractivity contribution < 1.29 is 14.3 Å². The van der Waals surface area contributed by atoms with Crippen molar-refractivity contribution in [1.29, 1.82) is 0 Å². The van der Waals surface area contributed by atoms with Crippen LogP contribution in [-0.2, 0) is 4.74 Å². The van der Waals surface area contributed by atoms with Gasteiger partial charge in [0.25, 0.3) is 0 Å². The van der Waals surface area contributed by atoms with E-state index in [2.05, 4.69) is 10.1 Å². The Kier molecular flexibility index (Phi) is 5.00. The molecule has 0 saturated carbocycles. The predicted octanol–water partition coefficient (Wildman–Crippen LogP) is 3.77. The Morgan fingerprint density at radius 3 is 2.56 bits per heavy atom. The van der Waals surface area contributed by atoms with Gasteiger partial charge in [0.2, 0.25) is 5.88 Å². The van der Waals surface area contributed by atoms with Crippen LogP contribution in [0.25, 0.3) is 16.9 Å². The summed E-state index contributed by atoms with van der Waals surface area (Å²) in [6.07, 6.45) is 1.63. The Balaban J connectivity index is 2.10. The molecule has 0 atom stereocenters. The lowest BCUT2D eigenvalue weighted by Gasteiger charge is -2.08. The van der Waals surface area contributed by atoms with Crippen LogP contribution in [0.5, 0.6) is 5.88 Å². The second-order valence-electron chi connectivity index (χ2n) is 5.11. The van der Waals surface area contributed by atoms with Crippen LogP contribution in [0.1, 0.15) is 17.4 Å². The number of halogens is 1. The SMILES string of the molecule is CCOC(=O)c1cc(-c2ccc(Cl)cc2)n(-c2ccc(OC)nc2)n1. The molecule has 0 spiro atoms. The molecule has 1 aromatic carbocycles. The maximum Gasteiger partial charge on any atom is 0.358 e. The summed E-state index contributed by atoms with van der Waals surface area (Å²) in [5.74, 6) is 0.0208. The quantitative estimate of drug-likeness (QED) is 0.650. The number of benzene rings is 1. The number of ether oxygens (including phenoxy) is 2. The van der Waals surface area contributed by atoms with Gasteiger partial charge in [0.1, 0.15) is 0 Å².